The summed E-state index contributed by atoms with van der Waals surface area (Å²) in [6, 6.07) is 19.1. The van der Waals surface area contributed by atoms with Gasteiger partial charge in [0.1, 0.15) is 0 Å². The average Bonchev–Trinajstić information content (AvgIpc) is 2.74. The van der Waals surface area contributed by atoms with E-state index in [-0.39, 0.29) is 17.3 Å². The fourth-order valence-corrected chi connectivity index (χ4v) is 4.11. The van der Waals surface area contributed by atoms with Crippen LogP contribution in [0.5, 0.6) is 0 Å². The number of benzene rings is 2. The lowest BCUT2D eigenvalue weighted by Crippen LogP contribution is -2.39. The molecule has 6 nitrogen and oxygen atoms in total. The maximum Gasteiger partial charge on any atom is 0.290 e. The van der Waals surface area contributed by atoms with E-state index in [1.165, 1.54) is 29.0 Å². The Bertz CT molecular complexity index is 1080. The normalized spacial score (nSPS) is 11.1. The summed E-state index contributed by atoms with van der Waals surface area (Å²) in [6.07, 6.45) is 4.65. The van der Waals surface area contributed by atoms with Gasteiger partial charge in [0.15, 0.2) is 12.4 Å². The molecule has 0 radical (unpaired) electrons. The summed E-state index contributed by atoms with van der Waals surface area (Å²) in [7, 11) is -2.23. The molecule has 0 aliphatic heterocycles. The number of anilines is 2. The van der Waals surface area contributed by atoms with E-state index in [1.807, 2.05) is 30.6 Å². The zero-order valence-corrected chi connectivity index (χ0v) is 17.3. The molecule has 0 fully saturated rings. The van der Waals surface area contributed by atoms with E-state index in [1.54, 1.807) is 41.0 Å². The predicted octanol–water partition coefficient (Wildman–Crippen LogP) is 3.00. The van der Waals surface area contributed by atoms with Gasteiger partial charge in [0.05, 0.1) is 10.6 Å². The minimum Gasteiger partial charge on any atom is -0.321 e. The predicted molar refractivity (Wildman–Crippen MR) is 113 cm³/mol. The van der Waals surface area contributed by atoms with Crippen LogP contribution in [-0.2, 0) is 27.8 Å². The second-order valence-electron chi connectivity index (χ2n) is 6.62. The summed E-state index contributed by atoms with van der Waals surface area (Å²) in [5.74, 6) is -0.231. The first-order valence-corrected chi connectivity index (χ1v) is 10.8. The zero-order valence-electron chi connectivity index (χ0n) is 16.4. The maximum absolute atomic E-state index is 12.9. The van der Waals surface area contributed by atoms with Crippen LogP contribution in [0.1, 0.15) is 12.5 Å². The molecule has 0 aliphatic rings. The third kappa shape index (κ3) is 5.00. The Morgan fingerprint density at radius 2 is 1.69 bits per heavy atom. The third-order valence-electron chi connectivity index (χ3n) is 4.59. The third-order valence-corrected chi connectivity index (χ3v) is 6.37. The molecule has 0 atom stereocenters. The number of carbonyl (C=O) groups excluding carboxylic acids is 1. The van der Waals surface area contributed by atoms with Crippen LogP contribution < -0.4 is 14.2 Å². The van der Waals surface area contributed by atoms with Gasteiger partial charge in [-0.15, -0.1) is 0 Å². The number of hydrogen-bond donors (Lipinski definition) is 1. The molecule has 0 saturated heterocycles. The van der Waals surface area contributed by atoms with Crippen molar-refractivity contribution in [3.05, 3.63) is 84.7 Å². The number of hydrogen-bond acceptors (Lipinski definition) is 3. The lowest BCUT2D eigenvalue weighted by atomic mass is 10.2. The quantitative estimate of drug-likeness (QED) is 0.609. The molecule has 29 heavy (non-hydrogen) atoms. The van der Waals surface area contributed by atoms with Crippen molar-refractivity contribution in [1.82, 2.24) is 0 Å². The van der Waals surface area contributed by atoms with Crippen LogP contribution in [-0.4, -0.2) is 21.4 Å². The number of rotatable bonds is 7. The number of aromatic nitrogens is 1. The Morgan fingerprint density at radius 3 is 2.34 bits per heavy atom. The van der Waals surface area contributed by atoms with E-state index in [0.717, 1.165) is 6.42 Å². The van der Waals surface area contributed by atoms with Crippen LogP contribution in [0.25, 0.3) is 0 Å². The van der Waals surface area contributed by atoms with Crippen LogP contribution in [0.15, 0.2) is 84.0 Å². The van der Waals surface area contributed by atoms with Crippen molar-refractivity contribution in [2.45, 2.75) is 24.8 Å². The lowest BCUT2D eigenvalue weighted by molar-refractivity contribution is -0.684. The number of aryl methyl sites for hydroxylation is 1. The molecule has 0 aliphatic carbocycles. The second-order valence-corrected chi connectivity index (χ2v) is 8.59. The number of nitrogens with one attached hydrogen (secondary N) is 1. The number of pyridine rings is 1. The number of amides is 1. The Balaban J connectivity index is 1.74. The molecule has 0 saturated carbocycles. The van der Waals surface area contributed by atoms with Crippen molar-refractivity contribution in [2.24, 2.45) is 0 Å². The first kappa shape index (κ1) is 20.5. The second kappa shape index (κ2) is 8.87. The molecule has 3 rings (SSSR count). The van der Waals surface area contributed by atoms with Gasteiger partial charge in [-0.1, -0.05) is 31.2 Å². The van der Waals surface area contributed by atoms with Crippen molar-refractivity contribution in [1.29, 1.82) is 0 Å². The minimum absolute atomic E-state index is 0.113. The van der Waals surface area contributed by atoms with Crippen molar-refractivity contribution < 1.29 is 17.8 Å². The highest BCUT2D eigenvalue weighted by molar-refractivity contribution is 7.92. The lowest BCUT2D eigenvalue weighted by Gasteiger charge is -2.19. The average molecular weight is 411 g/mol. The van der Waals surface area contributed by atoms with E-state index in [9.17, 15) is 13.2 Å². The molecule has 0 unspecified atom stereocenters. The largest absolute Gasteiger partial charge is 0.321 e. The van der Waals surface area contributed by atoms with Crippen molar-refractivity contribution in [2.75, 3.05) is 16.7 Å². The standard InChI is InChI=1S/C22H23N3O3S/c1-3-18-12-14-25(15-13-18)17-22(26)23-19-8-7-11-21(16-19)29(27,28)24(2)20-9-5-4-6-10-20/h4-16H,3,17H2,1-2H3/p+1. The van der Waals surface area contributed by atoms with Crippen molar-refractivity contribution >= 4 is 27.3 Å². The summed E-state index contributed by atoms with van der Waals surface area (Å²) in [5, 5.41) is 2.77. The summed E-state index contributed by atoms with van der Waals surface area (Å²) in [5.41, 5.74) is 2.19. The molecular formula is C22H24N3O3S+. The van der Waals surface area contributed by atoms with Gasteiger partial charge in [-0.05, 0) is 42.3 Å². The molecule has 0 bridgehead atoms. The first-order chi connectivity index (χ1) is 13.9. The Hall–Kier alpha value is -3.19. The van der Waals surface area contributed by atoms with Gasteiger partial charge in [-0.3, -0.25) is 9.10 Å². The molecule has 1 aromatic heterocycles. The van der Waals surface area contributed by atoms with Gasteiger partial charge < -0.3 is 5.32 Å². The smallest absolute Gasteiger partial charge is 0.290 e. The number of carbonyl (C=O) groups is 1. The summed E-state index contributed by atoms with van der Waals surface area (Å²) in [6.45, 7) is 2.22. The first-order valence-electron chi connectivity index (χ1n) is 9.32. The summed E-state index contributed by atoms with van der Waals surface area (Å²) in [4.78, 5) is 12.5. The van der Waals surface area contributed by atoms with Gasteiger partial charge in [-0.2, -0.15) is 4.57 Å². The highest BCUT2D eigenvalue weighted by atomic mass is 32.2. The number of nitrogens with zero attached hydrogens (tertiary/aromatic N) is 2. The Labute approximate surface area is 171 Å². The molecule has 3 aromatic rings. The highest BCUT2D eigenvalue weighted by Gasteiger charge is 2.22. The topological polar surface area (TPSA) is 70.4 Å². The molecule has 7 heteroatoms. The van der Waals surface area contributed by atoms with Gasteiger partial charge >= 0.3 is 0 Å². The van der Waals surface area contributed by atoms with Crippen molar-refractivity contribution in [3.63, 3.8) is 0 Å². The fourth-order valence-electron chi connectivity index (χ4n) is 2.86. The van der Waals surface area contributed by atoms with Crippen molar-refractivity contribution in [3.8, 4) is 0 Å². The van der Waals surface area contributed by atoms with E-state index < -0.39 is 10.0 Å². The molecule has 0 spiro atoms. The number of sulfonamides is 1. The molecule has 1 N–H and O–H groups in total. The van der Waals surface area contributed by atoms with Crippen LogP contribution in [0.4, 0.5) is 11.4 Å². The minimum atomic E-state index is -3.74. The zero-order chi connectivity index (χ0) is 20.9. The van der Waals surface area contributed by atoms with E-state index in [0.29, 0.717) is 11.4 Å². The van der Waals surface area contributed by atoms with Crippen LogP contribution in [0.2, 0.25) is 0 Å². The Morgan fingerprint density at radius 1 is 1.00 bits per heavy atom. The molecule has 2 aromatic carbocycles. The van der Waals surface area contributed by atoms with Gasteiger partial charge in [-0.25, -0.2) is 8.42 Å². The van der Waals surface area contributed by atoms with Gasteiger partial charge in [0, 0.05) is 24.9 Å². The molecule has 150 valence electrons. The fraction of sp³-hybridized carbons (Fsp3) is 0.182. The summed E-state index contributed by atoms with van der Waals surface area (Å²) >= 11 is 0. The SMILES string of the molecule is CCc1cc[n+](CC(=O)Nc2cccc(S(=O)(=O)N(C)c3ccccc3)c2)cc1. The monoisotopic (exact) mass is 410 g/mol. The van der Waals surface area contributed by atoms with E-state index in [4.69, 9.17) is 0 Å². The van der Waals surface area contributed by atoms with E-state index >= 15 is 0 Å². The molecule has 1 heterocycles. The van der Waals surface area contributed by atoms with Crippen LogP contribution >= 0.6 is 0 Å². The van der Waals surface area contributed by atoms with Gasteiger partial charge in [0.2, 0.25) is 6.54 Å². The van der Waals surface area contributed by atoms with E-state index in [2.05, 4.69) is 12.2 Å². The highest BCUT2D eigenvalue weighted by Crippen LogP contribution is 2.23. The number of para-hydroxylation sites is 1. The molecular weight excluding hydrogens is 386 g/mol. The molecule has 1 amide bonds. The van der Waals surface area contributed by atoms with Crippen LogP contribution in [0, 0.1) is 0 Å². The maximum atomic E-state index is 12.9. The Kier molecular flexibility index (Phi) is 6.29. The summed E-state index contributed by atoms with van der Waals surface area (Å²) < 4.78 is 28.9. The van der Waals surface area contributed by atoms with Crippen LogP contribution in [0.3, 0.4) is 0 Å². The van der Waals surface area contributed by atoms with Gasteiger partial charge in [0.25, 0.3) is 15.9 Å².